The van der Waals surface area contributed by atoms with Crippen molar-refractivity contribution in [1.29, 1.82) is 0 Å². The van der Waals surface area contributed by atoms with Gasteiger partial charge in [-0.25, -0.2) is 9.59 Å². The highest BCUT2D eigenvalue weighted by molar-refractivity contribution is 6.04. The Balaban J connectivity index is 1.48. The fraction of sp³-hybridized carbons (Fsp3) is 0.250. The van der Waals surface area contributed by atoms with Crippen LogP contribution in [0, 0.1) is 0 Å². The molecule has 0 saturated carbocycles. The number of nitrogens with zero attached hydrogens (tertiary/aromatic N) is 1. The maximum atomic E-state index is 12.5. The number of nitrogens with one attached hydrogen (secondary N) is 1. The number of methoxy groups -OCH3 is 1. The van der Waals surface area contributed by atoms with Gasteiger partial charge in [-0.05, 0) is 36.2 Å². The SMILES string of the molecule is COC(=O)c1ccc(OCCCN2C(=O)NC(c3ccccc3)C2=O)cc1. The molecule has 1 aliphatic rings. The van der Waals surface area contributed by atoms with Crippen molar-refractivity contribution in [3.63, 3.8) is 0 Å². The molecule has 0 spiro atoms. The number of urea groups is 1. The van der Waals surface area contributed by atoms with Crippen LogP contribution in [0.15, 0.2) is 54.6 Å². The maximum absolute atomic E-state index is 12.5. The van der Waals surface area contributed by atoms with Crippen molar-refractivity contribution in [2.75, 3.05) is 20.3 Å². The standard InChI is InChI=1S/C20H20N2O5/c1-26-19(24)15-8-10-16(11-9-15)27-13-5-12-22-18(23)17(21-20(22)25)14-6-3-2-4-7-14/h2-4,6-11,17H,5,12-13H2,1H3,(H,21,25). The minimum Gasteiger partial charge on any atom is -0.494 e. The van der Waals surface area contributed by atoms with Crippen molar-refractivity contribution in [2.24, 2.45) is 0 Å². The Morgan fingerprint density at radius 2 is 1.78 bits per heavy atom. The summed E-state index contributed by atoms with van der Waals surface area (Å²) in [6.45, 7) is 0.610. The average molecular weight is 368 g/mol. The van der Waals surface area contributed by atoms with E-state index in [-0.39, 0.29) is 12.5 Å². The molecule has 27 heavy (non-hydrogen) atoms. The molecule has 1 atom stereocenters. The van der Waals surface area contributed by atoms with E-state index in [0.717, 1.165) is 5.56 Å². The summed E-state index contributed by atoms with van der Waals surface area (Å²) in [5.74, 6) is -0.0660. The van der Waals surface area contributed by atoms with Gasteiger partial charge < -0.3 is 14.8 Å². The van der Waals surface area contributed by atoms with Crippen LogP contribution >= 0.6 is 0 Å². The van der Waals surface area contributed by atoms with Crippen LogP contribution in [0.4, 0.5) is 4.79 Å². The summed E-state index contributed by atoms with van der Waals surface area (Å²) in [6.07, 6.45) is 0.499. The van der Waals surface area contributed by atoms with Crippen molar-refractivity contribution < 1.29 is 23.9 Å². The molecule has 1 aliphatic heterocycles. The second-order valence-corrected chi connectivity index (χ2v) is 6.00. The van der Waals surface area contributed by atoms with E-state index < -0.39 is 18.0 Å². The molecule has 0 aromatic heterocycles. The zero-order valence-electron chi connectivity index (χ0n) is 14.9. The van der Waals surface area contributed by atoms with Crippen LogP contribution in [0.25, 0.3) is 0 Å². The number of rotatable bonds is 7. The highest BCUT2D eigenvalue weighted by Crippen LogP contribution is 2.22. The fourth-order valence-electron chi connectivity index (χ4n) is 2.82. The number of carbonyl (C=O) groups excluding carboxylic acids is 3. The lowest BCUT2D eigenvalue weighted by Gasteiger charge is -2.13. The molecule has 1 unspecified atom stereocenters. The highest BCUT2D eigenvalue weighted by atomic mass is 16.5. The first-order chi connectivity index (χ1) is 13.1. The molecule has 2 aromatic rings. The average Bonchev–Trinajstić information content (AvgIpc) is 2.99. The highest BCUT2D eigenvalue weighted by Gasteiger charge is 2.38. The molecule has 1 saturated heterocycles. The van der Waals surface area contributed by atoms with Gasteiger partial charge in [-0.2, -0.15) is 0 Å². The molecule has 7 nitrogen and oxygen atoms in total. The van der Waals surface area contributed by atoms with Crippen LogP contribution in [-0.4, -0.2) is 43.1 Å². The van der Waals surface area contributed by atoms with E-state index in [1.165, 1.54) is 12.0 Å². The number of hydrogen-bond donors (Lipinski definition) is 1. The molecule has 3 amide bonds. The van der Waals surface area contributed by atoms with Crippen molar-refractivity contribution in [1.82, 2.24) is 10.2 Å². The summed E-state index contributed by atoms with van der Waals surface area (Å²) >= 11 is 0. The first-order valence-corrected chi connectivity index (χ1v) is 8.58. The van der Waals surface area contributed by atoms with Crippen LogP contribution in [0.5, 0.6) is 5.75 Å². The Morgan fingerprint density at radius 3 is 2.44 bits per heavy atom. The maximum Gasteiger partial charge on any atom is 0.337 e. The monoisotopic (exact) mass is 368 g/mol. The molecule has 7 heteroatoms. The lowest BCUT2D eigenvalue weighted by molar-refractivity contribution is -0.127. The summed E-state index contributed by atoms with van der Waals surface area (Å²) in [4.78, 5) is 37.1. The number of benzene rings is 2. The van der Waals surface area contributed by atoms with E-state index in [2.05, 4.69) is 10.1 Å². The van der Waals surface area contributed by atoms with Crippen LogP contribution in [-0.2, 0) is 9.53 Å². The zero-order valence-corrected chi connectivity index (χ0v) is 14.9. The summed E-state index contributed by atoms with van der Waals surface area (Å²) in [6, 6.07) is 14.7. The Kier molecular flexibility index (Phi) is 5.71. The Hall–Kier alpha value is -3.35. The molecular formula is C20H20N2O5. The fourth-order valence-corrected chi connectivity index (χ4v) is 2.82. The number of carbonyl (C=O) groups is 3. The van der Waals surface area contributed by atoms with Gasteiger partial charge in [-0.1, -0.05) is 30.3 Å². The van der Waals surface area contributed by atoms with Crippen LogP contribution in [0.2, 0.25) is 0 Å². The molecule has 2 aromatic carbocycles. The van der Waals surface area contributed by atoms with Gasteiger partial charge in [0.25, 0.3) is 5.91 Å². The minimum atomic E-state index is -0.634. The largest absolute Gasteiger partial charge is 0.494 e. The molecule has 0 radical (unpaired) electrons. The van der Waals surface area contributed by atoms with Gasteiger partial charge in [0.15, 0.2) is 0 Å². The van der Waals surface area contributed by atoms with E-state index >= 15 is 0 Å². The molecule has 1 N–H and O–H groups in total. The smallest absolute Gasteiger partial charge is 0.337 e. The van der Waals surface area contributed by atoms with Crippen molar-refractivity contribution >= 4 is 17.9 Å². The van der Waals surface area contributed by atoms with E-state index in [9.17, 15) is 14.4 Å². The lowest BCUT2D eigenvalue weighted by atomic mass is 10.1. The Bertz CT molecular complexity index is 820. The van der Waals surface area contributed by atoms with E-state index in [0.29, 0.717) is 24.3 Å². The number of esters is 1. The second-order valence-electron chi connectivity index (χ2n) is 6.00. The third-order valence-electron chi connectivity index (χ3n) is 4.23. The third kappa shape index (κ3) is 4.25. The van der Waals surface area contributed by atoms with Gasteiger partial charge in [-0.15, -0.1) is 0 Å². The van der Waals surface area contributed by atoms with Crippen molar-refractivity contribution in [3.8, 4) is 5.75 Å². The normalized spacial score (nSPS) is 16.2. The lowest BCUT2D eigenvalue weighted by Crippen LogP contribution is -2.32. The van der Waals surface area contributed by atoms with Gasteiger partial charge in [-0.3, -0.25) is 9.69 Å². The van der Waals surface area contributed by atoms with Crippen LogP contribution in [0.3, 0.4) is 0 Å². The first-order valence-electron chi connectivity index (χ1n) is 8.58. The molecule has 140 valence electrons. The third-order valence-corrected chi connectivity index (χ3v) is 4.23. The quantitative estimate of drug-likeness (QED) is 0.461. The van der Waals surface area contributed by atoms with Gasteiger partial charge in [0.2, 0.25) is 0 Å². The van der Waals surface area contributed by atoms with Gasteiger partial charge in [0, 0.05) is 6.54 Å². The summed E-state index contributed by atoms with van der Waals surface area (Å²) in [5.41, 5.74) is 1.21. The number of ether oxygens (including phenoxy) is 2. The summed E-state index contributed by atoms with van der Waals surface area (Å²) in [5, 5.41) is 2.70. The first kappa shape index (κ1) is 18.4. The number of hydrogen-bond acceptors (Lipinski definition) is 5. The predicted octanol–water partition coefficient (Wildman–Crippen LogP) is 2.54. The van der Waals surface area contributed by atoms with Gasteiger partial charge in [0.1, 0.15) is 11.8 Å². The molecule has 0 bridgehead atoms. The number of amides is 3. The summed E-state index contributed by atoms with van der Waals surface area (Å²) in [7, 11) is 1.32. The Labute approximate surface area is 156 Å². The molecule has 3 rings (SSSR count). The molecule has 1 fully saturated rings. The molecule has 0 aliphatic carbocycles. The van der Waals surface area contributed by atoms with Gasteiger partial charge >= 0.3 is 12.0 Å². The molecular weight excluding hydrogens is 348 g/mol. The topological polar surface area (TPSA) is 84.9 Å². The van der Waals surface area contributed by atoms with E-state index in [4.69, 9.17) is 4.74 Å². The van der Waals surface area contributed by atoms with Crippen molar-refractivity contribution in [3.05, 3.63) is 65.7 Å². The van der Waals surface area contributed by atoms with E-state index in [1.54, 1.807) is 24.3 Å². The zero-order chi connectivity index (χ0) is 19.2. The van der Waals surface area contributed by atoms with Gasteiger partial charge in [0.05, 0.1) is 19.3 Å². The molecule has 1 heterocycles. The van der Waals surface area contributed by atoms with E-state index in [1.807, 2.05) is 30.3 Å². The van der Waals surface area contributed by atoms with Crippen LogP contribution < -0.4 is 10.1 Å². The second kappa shape index (κ2) is 8.35. The predicted molar refractivity (Wildman–Crippen MR) is 97.3 cm³/mol. The Morgan fingerprint density at radius 1 is 1.07 bits per heavy atom. The van der Waals surface area contributed by atoms with Crippen molar-refractivity contribution in [2.45, 2.75) is 12.5 Å². The summed E-state index contributed by atoms with van der Waals surface area (Å²) < 4.78 is 10.2. The minimum absolute atomic E-state index is 0.256. The van der Waals surface area contributed by atoms with Crippen LogP contribution in [0.1, 0.15) is 28.4 Å². The number of imide groups is 1.